The summed E-state index contributed by atoms with van der Waals surface area (Å²) in [5, 5.41) is 0.738. The number of epoxide rings is 1. The zero-order valence-electron chi connectivity index (χ0n) is 13.8. The van der Waals surface area contributed by atoms with Crippen LogP contribution < -0.4 is 21.9 Å². The van der Waals surface area contributed by atoms with Gasteiger partial charge in [-0.05, 0) is 30.3 Å². The summed E-state index contributed by atoms with van der Waals surface area (Å²) in [6.07, 6.45) is 0.186. The Morgan fingerprint density at radius 2 is 1.77 bits per heavy atom. The zero-order valence-corrected chi connectivity index (χ0v) is 15.3. The number of hydrogen-bond acceptors (Lipinski definition) is 7. The summed E-state index contributed by atoms with van der Waals surface area (Å²) in [5.74, 6) is -0.181. The third-order valence-corrected chi connectivity index (χ3v) is 4.36. The predicted molar refractivity (Wildman–Crippen MR) is 102 cm³/mol. The molecule has 7 N–H and O–H groups in total. The highest BCUT2D eigenvalue weighted by Gasteiger charge is 2.26. The summed E-state index contributed by atoms with van der Waals surface area (Å²) in [7, 11) is -4.01. The first-order chi connectivity index (χ1) is 12.2. The second-order valence-electron chi connectivity index (χ2n) is 5.53. The molecule has 26 heavy (non-hydrogen) atoms. The van der Waals surface area contributed by atoms with E-state index in [1.165, 1.54) is 6.07 Å². The molecule has 0 saturated carbocycles. The van der Waals surface area contributed by atoms with Gasteiger partial charge in [0.1, 0.15) is 24.2 Å². The van der Waals surface area contributed by atoms with Crippen LogP contribution in [0.15, 0.2) is 36.4 Å². The Bertz CT molecular complexity index is 872. The van der Waals surface area contributed by atoms with Crippen LogP contribution in [0.25, 0.3) is 0 Å². The Hall–Kier alpha value is -2.20. The van der Waals surface area contributed by atoms with Crippen LogP contribution in [0.1, 0.15) is 11.7 Å². The van der Waals surface area contributed by atoms with E-state index in [0.29, 0.717) is 17.1 Å². The van der Waals surface area contributed by atoms with E-state index < -0.39 is 15.9 Å². The number of benzene rings is 2. The third-order valence-electron chi connectivity index (χ3n) is 3.34. The van der Waals surface area contributed by atoms with Crippen molar-refractivity contribution in [1.82, 2.24) is 0 Å². The maximum Gasteiger partial charge on any atom is 0.268 e. The Balaban J connectivity index is 0.000000195. The van der Waals surface area contributed by atoms with Gasteiger partial charge in [-0.1, -0.05) is 11.6 Å². The van der Waals surface area contributed by atoms with Crippen molar-refractivity contribution in [1.29, 1.82) is 0 Å². The fraction of sp³-hybridized carbons (Fsp3) is 0.250. The number of ether oxygens (including phenoxy) is 2. The zero-order chi connectivity index (χ0) is 19.3. The molecule has 2 aromatic rings. The molecule has 10 heteroatoms. The standard InChI is InChI=1S/C8H8ClNO.C8H12N2O4S/c9-7-2-1-5(10)3-6(7)8-4-11-8;9-6-1-2-7(10)8(5-6)14-3-4-15(11,12)13/h1-3,8H,4,10H2;1-2,5H,3-4,9-10H2,(H,11,12,13). The minimum absolute atomic E-state index is 0.174. The van der Waals surface area contributed by atoms with E-state index in [-0.39, 0.29) is 12.7 Å². The summed E-state index contributed by atoms with van der Waals surface area (Å²) in [5.41, 5.74) is 19.2. The molecule has 0 bridgehead atoms. The third kappa shape index (κ3) is 6.60. The van der Waals surface area contributed by atoms with Crippen molar-refractivity contribution in [2.75, 3.05) is 36.2 Å². The van der Waals surface area contributed by atoms with Crippen molar-refractivity contribution in [3.8, 4) is 5.75 Å². The molecule has 1 atom stereocenters. The van der Waals surface area contributed by atoms with Crippen LogP contribution in [0, 0.1) is 0 Å². The smallest absolute Gasteiger partial charge is 0.268 e. The topological polar surface area (TPSA) is 154 Å². The molecule has 1 fully saturated rings. The molecule has 1 unspecified atom stereocenters. The molecule has 0 aromatic heterocycles. The van der Waals surface area contributed by atoms with E-state index in [1.807, 2.05) is 6.07 Å². The van der Waals surface area contributed by atoms with Crippen LogP contribution in [-0.4, -0.2) is 31.9 Å². The molecule has 1 aliphatic rings. The molecule has 0 aliphatic carbocycles. The van der Waals surface area contributed by atoms with Crippen LogP contribution in [0.2, 0.25) is 5.02 Å². The molecular formula is C16H20ClN3O5S. The predicted octanol–water partition coefficient (Wildman–Crippen LogP) is 2.11. The van der Waals surface area contributed by atoms with Gasteiger partial charge in [-0.3, -0.25) is 4.55 Å². The van der Waals surface area contributed by atoms with Crippen molar-refractivity contribution in [3.63, 3.8) is 0 Å². The maximum absolute atomic E-state index is 10.4. The lowest BCUT2D eigenvalue weighted by Gasteiger charge is -2.08. The Labute approximate surface area is 156 Å². The van der Waals surface area contributed by atoms with Crippen molar-refractivity contribution < 1.29 is 22.4 Å². The molecule has 142 valence electrons. The maximum atomic E-state index is 10.4. The average molecular weight is 402 g/mol. The van der Waals surface area contributed by atoms with E-state index in [9.17, 15) is 8.42 Å². The highest BCUT2D eigenvalue weighted by atomic mass is 35.5. The first-order valence-corrected chi connectivity index (χ1v) is 9.54. The Morgan fingerprint density at radius 3 is 2.38 bits per heavy atom. The number of hydrogen-bond donors (Lipinski definition) is 4. The molecule has 1 heterocycles. The molecule has 8 nitrogen and oxygen atoms in total. The second-order valence-corrected chi connectivity index (χ2v) is 7.51. The molecule has 0 radical (unpaired) electrons. The van der Waals surface area contributed by atoms with Crippen LogP contribution >= 0.6 is 11.6 Å². The van der Waals surface area contributed by atoms with Gasteiger partial charge in [0.25, 0.3) is 10.1 Å². The van der Waals surface area contributed by atoms with Crippen molar-refractivity contribution in [2.45, 2.75) is 6.10 Å². The van der Waals surface area contributed by atoms with E-state index in [4.69, 9.17) is 42.8 Å². The van der Waals surface area contributed by atoms with E-state index in [2.05, 4.69) is 0 Å². The van der Waals surface area contributed by atoms with Gasteiger partial charge in [0, 0.05) is 28.0 Å². The fourth-order valence-electron chi connectivity index (χ4n) is 1.97. The second kappa shape index (κ2) is 8.45. The molecule has 1 aliphatic heterocycles. The first kappa shape index (κ1) is 20.1. The lowest BCUT2D eigenvalue weighted by atomic mass is 10.1. The molecule has 3 rings (SSSR count). The van der Waals surface area contributed by atoms with Gasteiger partial charge in [0.05, 0.1) is 12.3 Å². The number of nitrogen functional groups attached to an aromatic ring is 3. The SMILES string of the molecule is Nc1ccc(Cl)c(C2CO2)c1.Nc1ccc(N)c(OCCS(=O)(=O)O)c1. The fourth-order valence-corrected chi connectivity index (χ4v) is 2.50. The number of halogens is 1. The van der Waals surface area contributed by atoms with Gasteiger partial charge >= 0.3 is 0 Å². The average Bonchev–Trinajstić information content (AvgIpc) is 3.37. The van der Waals surface area contributed by atoms with Crippen LogP contribution in [0.4, 0.5) is 17.1 Å². The molecule has 2 aromatic carbocycles. The highest BCUT2D eigenvalue weighted by molar-refractivity contribution is 7.85. The van der Waals surface area contributed by atoms with Crippen LogP contribution in [0.5, 0.6) is 5.75 Å². The van der Waals surface area contributed by atoms with Crippen molar-refractivity contribution in [2.24, 2.45) is 0 Å². The summed E-state index contributed by atoms with van der Waals surface area (Å²) in [4.78, 5) is 0. The summed E-state index contributed by atoms with van der Waals surface area (Å²) >= 11 is 5.90. The Morgan fingerprint density at radius 1 is 1.15 bits per heavy atom. The quantitative estimate of drug-likeness (QED) is 0.337. The summed E-state index contributed by atoms with van der Waals surface area (Å²) in [6.45, 7) is 0.593. The van der Waals surface area contributed by atoms with Crippen LogP contribution in [0.3, 0.4) is 0 Å². The van der Waals surface area contributed by atoms with Crippen molar-refractivity contribution in [3.05, 3.63) is 47.0 Å². The lowest BCUT2D eigenvalue weighted by Crippen LogP contribution is -2.13. The molecule has 1 saturated heterocycles. The monoisotopic (exact) mass is 401 g/mol. The van der Waals surface area contributed by atoms with E-state index >= 15 is 0 Å². The van der Waals surface area contributed by atoms with Gasteiger partial charge in [-0.25, -0.2) is 0 Å². The van der Waals surface area contributed by atoms with Gasteiger partial charge in [0.2, 0.25) is 0 Å². The van der Waals surface area contributed by atoms with E-state index in [0.717, 1.165) is 22.9 Å². The molecule has 0 amide bonds. The number of anilines is 3. The van der Waals surface area contributed by atoms with Gasteiger partial charge in [0.15, 0.2) is 0 Å². The lowest BCUT2D eigenvalue weighted by molar-refractivity contribution is 0.337. The summed E-state index contributed by atoms with van der Waals surface area (Å²) < 4.78 is 39.4. The van der Waals surface area contributed by atoms with Gasteiger partial charge in [-0.2, -0.15) is 8.42 Å². The van der Waals surface area contributed by atoms with Gasteiger partial charge in [-0.15, -0.1) is 0 Å². The van der Waals surface area contributed by atoms with Crippen LogP contribution in [-0.2, 0) is 14.9 Å². The Kier molecular flexibility index (Phi) is 6.54. The van der Waals surface area contributed by atoms with Gasteiger partial charge < -0.3 is 26.7 Å². The molecule has 0 spiro atoms. The highest BCUT2D eigenvalue weighted by Crippen LogP contribution is 2.35. The van der Waals surface area contributed by atoms with Crippen molar-refractivity contribution >= 4 is 38.8 Å². The first-order valence-electron chi connectivity index (χ1n) is 7.55. The normalized spacial score (nSPS) is 15.7. The largest absolute Gasteiger partial charge is 0.490 e. The van der Waals surface area contributed by atoms with E-state index in [1.54, 1.807) is 24.3 Å². The minimum Gasteiger partial charge on any atom is -0.490 e. The molecular weight excluding hydrogens is 382 g/mol. The number of nitrogens with two attached hydrogens (primary N) is 3. The number of rotatable bonds is 5. The summed E-state index contributed by atoms with van der Waals surface area (Å²) in [6, 6.07) is 10.1. The minimum atomic E-state index is -4.01.